The summed E-state index contributed by atoms with van der Waals surface area (Å²) in [6, 6.07) is 8.05. The highest BCUT2D eigenvalue weighted by molar-refractivity contribution is 6.03. The van der Waals surface area contributed by atoms with E-state index in [1.54, 1.807) is 18.1 Å². The number of imide groups is 1. The Morgan fingerprint density at radius 3 is 2.37 bits per heavy atom. The Bertz CT molecular complexity index is 1090. The van der Waals surface area contributed by atoms with Crippen molar-refractivity contribution in [3.63, 3.8) is 0 Å². The Hall–Kier alpha value is -4.01. The van der Waals surface area contributed by atoms with Gasteiger partial charge in [-0.25, -0.2) is 0 Å². The molecule has 9 nitrogen and oxygen atoms in total. The molecule has 0 unspecified atom stereocenters. The Morgan fingerprint density at radius 1 is 1.17 bits per heavy atom. The normalized spacial score (nSPS) is 14.2. The molecule has 1 aromatic heterocycles. The molecule has 1 aliphatic rings. The number of imidazole rings is 1. The van der Waals surface area contributed by atoms with Crippen LogP contribution in [0.4, 0.5) is 17.5 Å². The van der Waals surface area contributed by atoms with Gasteiger partial charge >= 0.3 is 0 Å². The molecule has 1 fully saturated rings. The number of benzene rings is 1. The minimum absolute atomic E-state index is 0.342. The highest BCUT2D eigenvalue weighted by Gasteiger charge is 2.29. The quantitative estimate of drug-likeness (QED) is 0.415. The number of nitrogens with one attached hydrogen (secondary N) is 1. The van der Waals surface area contributed by atoms with Crippen molar-refractivity contribution in [3.05, 3.63) is 66.4 Å². The first-order valence-corrected chi connectivity index (χ1v) is 11.5. The predicted octanol–water partition coefficient (Wildman–Crippen LogP) is 2.86. The average molecular weight is 479 g/mol. The highest BCUT2D eigenvalue weighted by Crippen LogP contribution is 2.29. The van der Waals surface area contributed by atoms with Gasteiger partial charge in [-0.15, -0.1) is 0 Å². The van der Waals surface area contributed by atoms with E-state index in [-0.39, 0.29) is 0 Å². The molecular weight excluding hydrogens is 444 g/mol. The number of allylic oxidation sites excluding steroid dienone is 5. The van der Waals surface area contributed by atoms with Gasteiger partial charge in [-0.2, -0.15) is 4.98 Å². The van der Waals surface area contributed by atoms with E-state index in [0.29, 0.717) is 30.4 Å². The maximum atomic E-state index is 12.9. The van der Waals surface area contributed by atoms with Crippen LogP contribution in [0.2, 0.25) is 0 Å². The molecular formula is C26H34N6O3. The number of aromatic nitrogens is 2. The highest BCUT2D eigenvalue weighted by atomic mass is 16.5. The molecule has 0 atom stereocenters. The number of amides is 2. The number of hydrogen-bond donors (Lipinski definition) is 1. The Balaban J connectivity index is 1.96. The van der Waals surface area contributed by atoms with E-state index in [9.17, 15) is 9.59 Å². The maximum Gasteiger partial charge on any atom is 0.278 e. The smallest absolute Gasteiger partial charge is 0.278 e. The second-order valence-electron chi connectivity index (χ2n) is 8.31. The molecule has 2 aromatic rings. The lowest BCUT2D eigenvalue weighted by Gasteiger charge is -2.37. The lowest BCUT2D eigenvalue weighted by atomic mass is 10.2. The molecule has 0 aliphatic carbocycles. The van der Waals surface area contributed by atoms with Crippen LogP contribution < -0.4 is 24.8 Å². The molecule has 0 radical (unpaired) electrons. The second-order valence-corrected chi connectivity index (χ2v) is 8.31. The number of methoxy groups -OCH3 is 1. The fourth-order valence-corrected chi connectivity index (χ4v) is 4.14. The summed E-state index contributed by atoms with van der Waals surface area (Å²) in [7, 11) is 5.33. The van der Waals surface area contributed by atoms with Gasteiger partial charge < -0.3 is 19.4 Å². The molecule has 0 bridgehead atoms. The van der Waals surface area contributed by atoms with Crippen LogP contribution in [0.15, 0.2) is 60.7 Å². The summed E-state index contributed by atoms with van der Waals surface area (Å²) >= 11 is 0. The molecule has 1 N–H and O–H groups in total. The minimum Gasteiger partial charge on any atom is -0.497 e. The monoisotopic (exact) mass is 478 g/mol. The number of ether oxygens (including phenoxy) is 1. The Labute approximate surface area is 207 Å². The number of hydrogen-bond acceptors (Lipinski definition) is 7. The average Bonchev–Trinajstić information content (AvgIpc) is 3.24. The third-order valence-corrected chi connectivity index (χ3v) is 5.81. The van der Waals surface area contributed by atoms with Gasteiger partial charge in [-0.05, 0) is 36.8 Å². The Morgan fingerprint density at radius 2 is 1.83 bits per heavy atom. The summed E-state index contributed by atoms with van der Waals surface area (Å²) in [5.74, 6) is 1.54. The first-order chi connectivity index (χ1) is 16.9. The van der Waals surface area contributed by atoms with Gasteiger partial charge in [-0.1, -0.05) is 30.9 Å². The van der Waals surface area contributed by atoms with Crippen LogP contribution >= 0.6 is 0 Å². The minimum atomic E-state index is -0.488. The number of carbonyl (C=O) groups is 2. The van der Waals surface area contributed by atoms with Crippen molar-refractivity contribution in [3.8, 4) is 5.75 Å². The summed E-state index contributed by atoms with van der Waals surface area (Å²) in [6.07, 6.45) is 7.94. The fraction of sp³-hybridized carbons (Fsp3) is 0.346. The van der Waals surface area contributed by atoms with E-state index in [2.05, 4.69) is 33.8 Å². The molecule has 9 heteroatoms. The van der Waals surface area contributed by atoms with Crippen molar-refractivity contribution >= 4 is 29.8 Å². The van der Waals surface area contributed by atoms with Crippen LogP contribution in [-0.2, 0) is 11.3 Å². The maximum absolute atomic E-state index is 12.9. The first kappa shape index (κ1) is 25.6. The van der Waals surface area contributed by atoms with Crippen LogP contribution in [0.5, 0.6) is 5.75 Å². The van der Waals surface area contributed by atoms with Gasteiger partial charge in [0.15, 0.2) is 11.5 Å². The van der Waals surface area contributed by atoms with Crippen LogP contribution in [-0.4, -0.2) is 69.3 Å². The number of carbonyl (C=O) groups excluding carboxylic acids is 2. The molecule has 3 rings (SSSR count). The van der Waals surface area contributed by atoms with Crippen molar-refractivity contribution in [2.45, 2.75) is 13.5 Å². The number of nitrogens with zero attached hydrogens (tertiary/aromatic N) is 5. The van der Waals surface area contributed by atoms with Gasteiger partial charge in [-0.3, -0.25) is 19.5 Å². The predicted molar refractivity (Wildman–Crippen MR) is 141 cm³/mol. The zero-order chi connectivity index (χ0) is 25.4. The van der Waals surface area contributed by atoms with E-state index in [1.807, 2.05) is 55.9 Å². The Kier molecular flexibility index (Phi) is 8.72. The summed E-state index contributed by atoms with van der Waals surface area (Å²) in [6.45, 7) is 9.23. The third kappa shape index (κ3) is 5.92. The fourth-order valence-electron chi connectivity index (χ4n) is 4.14. The summed E-state index contributed by atoms with van der Waals surface area (Å²) in [4.78, 5) is 35.2. The van der Waals surface area contributed by atoms with Gasteiger partial charge in [0.05, 0.1) is 13.7 Å². The van der Waals surface area contributed by atoms with Crippen molar-refractivity contribution in [1.82, 2.24) is 14.9 Å². The number of piperazine rings is 1. The summed E-state index contributed by atoms with van der Waals surface area (Å²) in [5.41, 5.74) is 2.44. The van der Waals surface area contributed by atoms with E-state index < -0.39 is 5.91 Å². The number of anilines is 3. The molecule has 0 spiro atoms. The molecule has 0 saturated carbocycles. The molecule has 1 aliphatic heterocycles. The van der Waals surface area contributed by atoms with E-state index in [4.69, 9.17) is 9.72 Å². The van der Waals surface area contributed by atoms with E-state index in [0.717, 1.165) is 43.2 Å². The van der Waals surface area contributed by atoms with Crippen molar-refractivity contribution < 1.29 is 14.3 Å². The molecule has 35 heavy (non-hydrogen) atoms. The summed E-state index contributed by atoms with van der Waals surface area (Å²) in [5, 5.41) is 2.29. The molecule has 1 aromatic carbocycles. The topological polar surface area (TPSA) is 82.9 Å². The van der Waals surface area contributed by atoms with Gasteiger partial charge in [0.1, 0.15) is 5.75 Å². The van der Waals surface area contributed by atoms with Gasteiger partial charge in [0.25, 0.3) is 5.91 Å². The van der Waals surface area contributed by atoms with Crippen LogP contribution in [0, 0.1) is 0 Å². The van der Waals surface area contributed by atoms with Crippen LogP contribution in [0.1, 0.15) is 17.4 Å². The van der Waals surface area contributed by atoms with Gasteiger partial charge in [0, 0.05) is 46.0 Å². The third-order valence-electron chi connectivity index (χ3n) is 5.81. The zero-order valence-corrected chi connectivity index (χ0v) is 20.9. The standard InChI is InChI=1S/C26H34N6O3/c1-6-8-20(9-7-2)18-32-23(25(34)27-19-33)24(29(3)4)28-26(32)31-16-14-30(15-17-31)21-10-12-22(35-5)13-11-21/h6-13,19H,1,14-18H2,2-5H3,(H,27,33,34)/b9-7-,20-8+. The summed E-state index contributed by atoms with van der Waals surface area (Å²) < 4.78 is 7.15. The SMILES string of the molecule is C=C/C=C(\C=C/C)Cn1c(N2CCN(c3ccc(OC)cc3)CC2)nc(N(C)C)c1C(=O)NC=O. The largest absolute Gasteiger partial charge is 0.497 e. The lowest BCUT2D eigenvalue weighted by molar-refractivity contribution is -0.108. The lowest BCUT2D eigenvalue weighted by Crippen LogP contribution is -2.47. The van der Waals surface area contributed by atoms with Crippen molar-refractivity contribution in [2.24, 2.45) is 0 Å². The molecule has 1 saturated heterocycles. The number of rotatable bonds is 10. The molecule has 2 heterocycles. The van der Waals surface area contributed by atoms with Crippen molar-refractivity contribution in [2.75, 3.05) is 62.1 Å². The van der Waals surface area contributed by atoms with E-state index in [1.165, 1.54) is 0 Å². The van der Waals surface area contributed by atoms with Crippen LogP contribution in [0.3, 0.4) is 0 Å². The first-order valence-electron chi connectivity index (χ1n) is 11.5. The van der Waals surface area contributed by atoms with E-state index >= 15 is 0 Å². The van der Waals surface area contributed by atoms with Crippen molar-refractivity contribution in [1.29, 1.82) is 0 Å². The molecule has 186 valence electrons. The zero-order valence-electron chi connectivity index (χ0n) is 20.9. The second kappa shape index (κ2) is 11.9. The van der Waals surface area contributed by atoms with Crippen LogP contribution in [0.25, 0.3) is 0 Å². The molecule has 2 amide bonds. The van der Waals surface area contributed by atoms with Gasteiger partial charge in [0.2, 0.25) is 12.4 Å².